The average molecular weight is 312 g/mol. The first kappa shape index (κ1) is 17.1. The molecule has 2 rings (SSSR count). The van der Waals surface area contributed by atoms with E-state index >= 15 is 0 Å². The van der Waals surface area contributed by atoms with E-state index in [9.17, 15) is 5.11 Å². The lowest BCUT2D eigenvalue weighted by molar-refractivity contribution is 0.122. The monoisotopic (exact) mass is 312 g/mol. The minimum absolute atomic E-state index is 0.129. The molecule has 0 fully saturated rings. The summed E-state index contributed by atoms with van der Waals surface area (Å²) in [5.41, 5.74) is 2.26. The Bertz CT molecular complexity index is 625. The first-order chi connectivity index (χ1) is 10.9. The van der Waals surface area contributed by atoms with Crippen LogP contribution in [0.4, 0.5) is 0 Å². The number of hydrogen-bond donors (Lipinski definition) is 1. The van der Waals surface area contributed by atoms with Gasteiger partial charge in [-0.25, -0.2) is 0 Å². The van der Waals surface area contributed by atoms with Crippen molar-refractivity contribution < 1.29 is 14.6 Å². The van der Waals surface area contributed by atoms with E-state index in [-0.39, 0.29) is 5.41 Å². The lowest BCUT2D eigenvalue weighted by Gasteiger charge is -2.26. The van der Waals surface area contributed by atoms with Crippen molar-refractivity contribution in [2.24, 2.45) is 0 Å². The van der Waals surface area contributed by atoms with Crippen LogP contribution < -0.4 is 9.47 Å². The van der Waals surface area contributed by atoms with Gasteiger partial charge in [0.15, 0.2) is 0 Å². The minimum Gasteiger partial charge on any atom is -0.491 e. The number of rotatable bonds is 7. The SMILES string of the molecule is C=COc1ccc(C(C)(C)c2ccc(OCC(C)O)cc2)cc1. The van der Waals surface area contributed by atoms with Crippen LogP contribution in [0, 0.1) is 0 Å². The van der Waals surface area contributed by atoms with Crippen molar-refractivity contribution in [3.8, 4) is 11.5 Å². The smallest absolute Gasteiger partial charge is 0.126 e. The molecule has 0 aliphatic carbocycles. The van der Waals surface area contributed by atoms with Gasteiger partial charge in [0.05, 0.1) is 12.4 Å². The molecule has 0 radical (unpaired) electrons. The Morgan fingerprint density at radius 3 is 1.91 bits per heavy atom. The van der Waals surface area contributed by atoms with Crippen LogP contribution in [0.3, 0.4) is 0 Å². The van der Waals surface area contributed by atoms with E-state index in [1.54, 1.807) is 6.92 Å². The summed E-state index contributed by atoms with van der Waals surface area (Å²) in [4.78, 5) is 0. The standard InChI is InChI=1S/C20H24O3/c1-5-22-18-10-6-16(7-11-18)20(3,4)17-8-12-19(13-9-17)23-14-15(2)21/h5-13,15,21H,1,14H2,2-4H3. The van der Waals surface area contributed by atoms with Crippen molar-refractivity contribution in [2.45, 2.75) is 32.3 Å². The van der Waals surface area contributed by atoms with E-state index in [1.807, 2.05) is 24.3 Å². The quantitative estimate of drug-likeness (QED) is 0.775. The maximum absolute atomic E-state index is 9.27. The molecule has 0 spiro atoms. The normalized spacial score (nSPS) is 12.5. The van der Waals surface area contributed by atoms with Gasteiger partial charge in [0, 0.05) is 5.41 Å². The van der Waals surface area contributed by atoms with E-state index in [2.05, 4.69) is 44.7 Å². The summed E-state index contributed by atoms with van der Waals surface area (Å²) in [7, 11) is 0. The van der Waals surface area contributed by atoms with Crippen molar-refractivity contribution in [3.63, 3.8) is 0 Å². The van der Waals surface area contributed by atoms with E-state index in [0.717, 1.165) is 11.5 Å². The van der Waals surface area contributed by atoms with Gasteiger partial charge in [-0.15, -0.1) is 0 Å². The molecule has 3 nitrogen and oxygen atoms in total. The molecule has 0 bridgehead atoms. The van der Waals surface area contributed by atoms with Crippen LogP contribution >= 0.6 is 0 Å². The fourth-order valence-corrected chi connectivity index (χ4v) is 2.40. The Balaban J connectivity index is 2.16. The third-order valence-electron chi connectivity index (χ3n) is 3.86. The van der Waals surface area contributed by atoms with Gasteiger partial charge < -0.3 is 14.6 Å². The second kappa shape index (κ2) is 7.34. The maximum atomic E-state index is 9.27. The van der Waals surface area contributed by atoms with Gasteiger partial charge in [-0.3, -0.25) is 0 Å². The fourth-order valence-electron chi connectivity index (χ4n) is 2.40. The van der Waals surface area contributed by atoms with E-state index in [4.69, 9.17) is 9.47 Å². The topological polar surface area (TPSA) is 38.7 Å². The fraction of sp³-hybridized carbons (Fsp3) is 0.300. The Labute approximate surface area is 138 Å². The van der Waals surface area contributed by atoms with E-state index in [0.29, 0.717) is 6.61 Å². The summed E-state index contributed by atoms with van der Waals surface area (Å²) in [6.45, 7) is 9.93. The Hall–Kier alpha value is -2.26. The van der Waals surface area contributed by atoms with Crippen LogP contribution in [0.1, 0.15) is 31.9 Å². The number of aliphatic hydroxyl groups is 1. The summed E-state index contributed by atoms with van der Waals surface area (Å²) >= 11 is 0. The van der Waals surface area contributed by atoms with Gasteiger partial charge >= 0.3 is 0 Å². The molecule has 0 saturated carbocycles. The highest BCUT2D eigenvalue weighted by molar-refractivity contribution is 5.41. The largest absolute Gasteiger partial charge is 0.491 e. The van der Waals surface area contributed by atoms with Gasteiger partial charge in [-0.2, -0.15) is 0 Å². The number of hydrogen-bond acceptors (Lipinski definition) is 3. The highest BCUT2D eigenvalue weighted by Crippen LogP contribution is 2.33. The molecule has 2 aromatic carbocycles. The van der Waals surface area contributed by atoms with Crippen molar-refractivity contribution in [3.05, 3.63) is 72.5 Å². The Morgan fingerprint density at radius 2 is 1.48 bits per heavy atom. The van der Waals surface area contributed by atoms with Gasteiger partial charge in [0.25, 0.3) is 0 Å². The van der Waals surface area contributed by atoms with Crippen molar-refractivity contribution in [1.29, 1.82) is 0 Å². The lowest BCUT2D eigenvalue weighted by atomic mass is 9.78. The van der Waals surface area contributed by atoms with Crippen LogP contribution in [0.5, 0.6) is 11.5 Å². The van der Waals surface area contributed by atoms with Gasteiger partial charge in [-0.05, 0) is 42.3 Å². The van der Waals surface area contributed by atoms with Crippen molar-refractivity contribution >= 4 is 0 Å². The molecule has 0 aliphatic heterocycles. The van der Waals surface area contributed by atoms with Crippen molar-refractivity contribution in [1.82, 2.24) is 0 Å². The molecule has 1 atom stereocenters. The predicted octanol–water partition coefficient (Wildman–Crippen LogP) is 4.29. The predicted molar refractivity (Wildman–Crippen MR) is 93.0 cm³/mol. The summed E-state index contributed by atoms with van der Waals surface area (Å²) in [5, 5.41) is 9.27. The molecule has 0 heterocycles. The zero-order chi connectivity index (χ0) is 16.9. The van der Waals surface area contributed by atoms with Gasteiger partial charge in [0.2, 0.25) is 0 Å². The molecule has 23 heavy (non-hydrogen) atoms. The highest BCUT2D eigenvalue weighted by Gasteiger charge is 2.23. The molecule has 0 amide bonds. The summed E-state index contributed by atoms with van der Waals surface area (Å²) in [6.07, 6.45) is 0.953. The molecule has 2 aromatic rings. The first-order valence-electron chi connectivity index (χ1n) is 7.73. The average Bonchev–Trinajstić information content (AvgIpc) is 2.54. The van der Waals surface area contributed by atoms with Crippen LogP contribution in [0.25, 0.3) is 0 Å². The molecule has 3 heteroatoms. The molecule has 1 N–H and O–H groups in total. The Morgan fingerprint density at radius 1 is 1.00 bits per heavy atom. The van der Waals surface area contributed by atoms with Crippen LogP contribution in [0.15, 0.2) is 61.4 Å². The molecule has 0 aromatic heterocycles. The molecule has 0 aliphatic rings. The summed E-state index contributed by atoms with van der Waals surface area (Å²) in [5.74, 6) is 1.54. The summed E-state index contributed by atoms with van der Waals surface area (Å²) < 4.78 is 10.8. The van der Waals surface area contributed by atoms with Gasteiger partial charge in [0.1, 0.15) is 18.1 Å². The summed E-state index contributed by atoms with van der Waals surface area (Å²) in [6, 6.07) is 16.0. The Kier molecular flexibility index (Phi) is 5.45. The third-order valence-corrected chi connectivity index (χ3v) is 3.86. The molecular weight excluding hydrogens is 288 g/mol. The van der Waals surface area contributed by atoms with Crippen LogP contribution in [-0.2, 0) is 5.41 Å². The molecule has 122 valence electrons. The number of benzene rings is 2. The van der Waals surface area contributed by atoms with Crippen LogP contribution in [0.2, 0.25) is 0 Å². The molecule has 0 saturated heterocycles. The second-order valence-electron chi connectivity index (χ2n) is 6.12. The zero-order valence-electron chi connectivity index (χ0n) is 14.0. The zero-order valence-corrected chi connectivity index (χ0v) is 14.0. The van der Waals surface area contributed by atoms with Crippen LogP contribution in [-0.4, -0.2) is 17.8 Å². The number of ether oxygens (including phenoxy) is 2. The van der Waals surface area contributed by atoms with E-state index < -0.39 is 6.10 Å². The number of aliphatic hydroxyl groups excluding tert-OH is 1. The minimum atomic E-state index is -0.470. The maximum Gasteiger partial charge on any atom is 0.126 e. The molecule has 1 unspecified atom stereocenters. The van der Waals surface area contributed by atoms with E-state index in [1.165, 1.54) is 17.4 Å². The molecular formula is C20H24O3. The van der Waals surface area contributed by atoms with Crippen molar-refractivity contribution in [2.75, 3.05) is 6.61 Å². The third kappa shape index (κ3) is 4.36. The first-order valence-corrected chi connectivity index (χ1v) is 7.73. The van der Waals surface area contributed by atoms with Gasteiger partial charge in [-0.1, -0.05) is 44.7 Å². The lowest BCUT2D eigenvalue weighted by Crippen LogP contribution is -2.19. The second-order valence-corrected chi connectivity index (χ2v) is 6.12. The highest BCUT2D eigenvalue weighted by atomic mass is 16.5.